The molecule has 0 spiro atoms. The molecule has 1 heterocycles. The van der Waals surface area contributed by atoms with Gasteiger partial charge >= 0.3 is 0 Å². The van der Waals surface area contributed by atoms with E-state index < -0.39 is 0 Å². The summed E-state index contributed by atoms with van der Waals surface area (Å²) in [6.45, 7) is 6.53. The van der Waals surface area contributed by atoms with Gasteiger partial charge in [-0.1, -0.05) is 26.2 Å². The third-order valence-corrected chi connectivity index (χ3v) is 4.37. The molecule has 3 nitrogen and oxygen atoms in total. The van der Waals surface area contributed by atoms with Crippen LogP contribution < -0.4 is 0 Å². The van der Waals surface area contributed by atoms with Crippen LogP contribution >= 0.6 is 11.3 Å². The minimum Gasteiger partial charge on any atom is -0.294 e. The van der Waals surface area contributed by atoms with E-state index in [4.69, 9.17) is 0 Å². The lowest BCUT2D eigenvalue weighted by atomic mass is 10.2. The molecule has 0 radical (unpaired) electrons. The van der Waals surface area contributed by atoms with Crippen LogP contribution in [0.2, 0.25) is 0 Å². The molecule has 1 aromatic heterocycles. The number of aromatic nitrogens is 2. The Kier molecular flexibility index (Phi) is 4.92. The van der Waals surface area contributed by atoms with Crippen molar-refractivity contribution in [3.05, 3.63) is 10.0 Å². The van der Waals surface area contributed by atoms with E-state index in [-0.39, 0.29) is 0 Å². The van der Waals surface area contributed by atoms with E-state index in [1.54, 1.807) is 11.3 Å². The van der Waals surface area contributed by atoms with Gasteiger partial charge in [0.05, 0.1) is 6.54 Å². The Bertz CT molecular complexity index is 331. The molecule has 17 heavy (non-hydrogen) atoms. The standard InChI is InChI=1S/C13H23N3S/c1-3-4-9-16(12-7-5-6-8-12)10-13-15-14-11(2)17-13/h12H,3-10H2,1-2H3. The molecule has 0 aliphatic heterocycles. The monoisotopic (exact) mass is 253 g/mol. The van der Waals surface area contributed by atoms with Gasteiger partial charge in [0.1, 0.15) is 10.0 Å². The summed E-state index contributed by atoms with van der Waals surface area (Å²) in [5.41, 5.74) is 0. The first-order chi connectivity index (χ1) is 8.29. The summed E-state index contributed by atoms with van der Waals surface area (Å²) in [5, 5.41) is 10.7. The maximum atomic E-state index is 4.26. The Morgan fingerprint density at radius 3 is 2.65 bits per heavy atom. The van der Waals surface area contributed by atoms with Crippen molar-refractivity contribution in [2.45, 2.75) is 65.0 Å². The van der Waals surface area contributed by atoms with Crippen LogP contribution in [0.1, 0.15) is 55.5 Å². The van der Waals surface area contributed by atoms with Gasteiger partial charge in [-0.15, -0.1) is 21.5 Å². The van der Waals surface area contributed by atoms with E-state index in [1.807, 2.05) is 6.92 Å². The van der Waals surface area contributed by atoms with E-state index in [0.29, 0.717) is 0 Å². The Balaban J connectivity index is 1.94. The second-order valence-corrected chi connectivity index (χ2v) is 6.24. The molecule has 96 valence electrons. The highest BCUT2D eigenvalue weighted by atomic mass is 32.1. The third kappa shape index (κ3) is 3.75. The number of nitrogens with zero attached hydrogens (tertiary/aromatic N) is 3. The molecular weight excluding hydrogens is 230 g/mol. The Labute approximate surface area is 108 Å². The first-order valence-corrected chi connectivity index (χ1v) is 7.64. The molecule has 1 aliphatic carbocycles. The van der Waals surface area contributed by atoms with Gasteiger partial charge in [0.15, 0.2) is 0 Å². The molecule has 1 aromatic rings. The van der Waals surface area contributed by atoms with Crippen molar-refractivity contribution in [1.29, 1.82) is 0 Å². The molecule has 0 bridgehead atoms. The molecule has 0 amide bonds. The Morgan fingerprint density at radius 2 is 2.06 bits per heavy atom. The first-order valence-electron chi connectivity index (χ1n) is 6.82. The van der Waals surface area contributed by atoms with Gasteiger partial charge in [0.25, 0.3) is 0 Å². The fraction of sp³-hybridized carbons (Fsp3) is 0.846. The molecule has 0 atom stereocenters. The summed E-state index contributed by atoms with van der Waals surface area (Å²) in [6.07, 6.45) is 8.14. The van der Waals surface area contributed by atoms with Crippen molar-refractivity contribution >= 4 is 11.3 Å². The van der Waals surface area contributed by atoms with Crippen molar-refractivity contribution in [2.24, 2.45) is 0 Å². The minimum absolute atomic E-state index is 0.797. The van der Waals surface area contributed by atoms with Gasteiger partial charge in [0.2, 0.25) is 0 Å². The zero-order valence-electron chi connectivity index (χ0n) is 11.0. The van der Waals surface area contributed by atoms with E-state index in [1.165, 1.54) is 50.1 Å². The molecule has 1 aliphatic rings. The average molecular weight is 253 g/mol. The molecule has 2 rings (SSSR count). The fourth-order valence-electron chi connectivity index (χ4n) is 2.60. The van der Waals surface area contributed by atoms with Gasteiger partial charge in [-0.05, 0) is 32.7 Å². The Hall–Kier alpha value is -0.480. The predicted molar refractivity (Wildman–Crippen MR) is 72.2 cm³/mol. The third-order valence-electron chi connectivity index (χ3n) is 3.55. The summed E-state index contributed by atoms with van der Waals surface area (Å²) in [6, 6.07) is 0.797. The van der Waals surface area contributed by atoms with Gasteiger partial charge in [-0.3, -0.25) is 4.90 Å². The lowest BCUT2D eigenvalue weighted by molar-refractivity contribution is 0.186. The zero-order chi connectivity index (χ0) is 12.1. The summed E-state index contributed by atoms with van der Waals surface area (Å²) >= 11 is 1.74. The van der Waals surface area contributed by atoms with Crippen LogP contribution in [0, 0.1) is 6.92 Å². The van der Waals surface area contributed by atoms with Gasteiger partial charge in [-0.2, -0.15) is 0 Å². The summed E-state index contributed by atoms with van der Waals surface area (Å²) in [4.78, 5) is 2.64. The molecule has 1 fully saturated rings. The van der Waals surface area contributed by atoms with Gasteiger partial charge in [-0.25, -0.2) is 0 Å². The van der Waals surface area contributed by atoms with Crippen molar-refractivity contribution in [1.82, 2.24) is 15.1 Å². The van der Waals surface area contributed by atoms with E-state index in [9.17, 15) is 0 Å². The quantitative estimate of drug-likeness (QED) is 0.778. The lowest BCUT2D eigenvalue weighted by Crippen LogP contribution is -2.33. The second kappa shape index (κ2) is 6.45. The SMILES string of the molecule is CCCCN(Cc1nnc(C)s1)C1CCCC1. The molecule has 0 N–H and O–H groups in total. The highest BCUT2D eigenvalue weighted by Crippen LogP contribution is 2.25. The minimum atomic E-state index is 0.797. The van der Waals surface area contributed by atoms with Crippen LogP contribution in [0.4, 0.5) is 0 Å². The van der Waals surface area contributed by atoms with Crippen LogP contribution in [0.3, 0.4) is 0 Å². The Morgan fingerprint density at radius 1 is 1.29 bits per heavy atom. The predicted octanol–water partition coefficient (Wildman–Crippen LogP) is 3.39. The number of hydrogen-bond donors (Lipinski definition) is 0. The summed E-state index contributed by atoms with van der Waals surface area (Å²) in [7, 11) is 0. The van der Waals surface area contributed by atoms with Crippen molar-refractivity contribution in [3.63, 3.8) is 0 Å². The molecular formula is C13H23N3S. The molecule has 0 unspecified atom stereocenters. The van der Waals surface area contributed by atoms with Crippen molar-refractivity contribution in [2.75, 3.05) is 6.54 Å². The zero-order valence-corrected chi connectivity index (χ0v) is 11.8. The number of aryl methyl sites for hydroxylation is 1. The first kappa shape index (κ1) is 13.0. The smallest absolute Gasteiger partial charge is 0.131 e. The maximum Gasteiger partial charge on any atom is 0.131 e. The van der Waals surface area contributed by atoms with E-state index >= 15 is 0 Å². The molecule has 1 saturated carbocycles. The summed E-state index contributed by atoms with van der Waals surface area (Å²) < 4.78 is 0. The van der Waals surface area contributed by atoms with Gasteiger partial charge in [0, 0.05) is 6.04 Å². The molecule has 0 saturated heterocycles. The molecule has 4 heteroatoms. The maximum absolute atomic E-state index is 4.26. The van der Waals surface area contributed by atoms with E-state index in [2.05, 4.69) is 22.0 Å². The number of hydrogen-bond acceptors (Lipinski definition) is 4. The van der Waals surface area contributed by atoms with Crippen LogP contribution in [-0.2, 0) is 6.54 Å². The lowest BCUT2D eigenvalue weighted by Gasteiger charge is -2.27. The van der Waals surface area contributed by atoms with E-state index in [0.717, 1.165) is 17.6 Å². The van der Waals surface area contributed by atoms with Crippen LogP contribution in [0.25, 0.3) is 0 Å². The highest BCUT2D eigenvalue weighted by molar-refractivity contribution is 7.11. The summed E-state index contributed by atoms with van der Waals surface area (Å²) in [5.74, 6) is 0. The average Bonchev–Trinajstić information content (AvgIpc) is 2.95. The number of unbranched alkanes of at least 4 members (excludes halogenated alkanes) is 1. The molecule has 0 aromatic carbocycles. The topological polar surface area (TPSA) is 29.0 Å². The number of rotatable bonds is 6. The largest absolute Gasteiger partial charge is 0.294 e. The van der Waals surface area contributed by atoms with Crippen LogP contribution in [-0.4, -0.2) is 27.7 Å². The van der Waals surface area contributed by atoms with Gasteiger partial charge < -0.3 is 0 Å². The normalized spacial score (nSPS) is 17.1. The van der Waals surface area contributed by atoms with Crippen molar-refractivity contribution in [3.8, 4) is 0 Å². The fourth-order valence-corrected chi connectivity index (χ4v) is 3.33. The highest BCUT2D eigenvalue weighted by Gasteiger charge is 2.23. The van der Waals surface area contributed by atoms with Crippen LogP contribution in [0.5, 0.6) is 0 Å². The van der Waals surface area contributed by atoms with Crippen molar-refractivity contribution < 1.29 is 0 Å². The second-order valence-electron chi connectivity index (χ2n) is 4.98. The van der Waals surface area contributed by atoms with Crippen LogP contribution in [0.15, 0.2) is 0 Å².